The third-order valence-corrected chi connectivity index (χ3v) is 24.5. The highest BCUT2D eigenvalue weighted by molar-refractivity contribution is 6.01. The van der Waals surface area contributed by atoms with Gasteiger partial charge in [-0.2, -0.15) is 0 Å². The molecule has 37 nitrogen and oxygen atoms in total. The fourth-order valence-corrected chi connectivity index (χ4v) is 17.6. The highest BCUT2D eigenvalue weighted by atomic mass is 19.1. The minimum absolute atomic E-state index is 0.0316. The smallest absolute Gasteiger partial charge is 0.343 e. The van der Waals surface area contributed by atoms with E-state index in [1.54, 1.807) is 43.3 Å². The van der Waals surface area contributed by atoms with E-state index in [1.807, 2.05) is 55.6 Å². The molecular formula is C93H128FN13O24. The van der Waals surface area contributed by atoms with Crippen LogP contribution in [0.2, 0.25) is 0 Å². The third-order valence-electron chi connectivity index (χ3n) is 24.5. The number of nitrogens with one attached hydrogen (secondary N) is 6. The van der Waals surface area contributed by atoms with E-state index in [-0.39, 0.29) is 118 Å². The van der Waals surface area contributed by atoms with Gasteiger partial charge in [0.25, 0.3) is 5.56 Å². The maximum Gasteiger partial charge on any atom is 0.343 e. The van der Waals surface area contributed by atoms with Crippen molar-refractivity contribution < 1.29 is 114 Å². The number of hydrogen-bond acceptors (Lipinski definition) is 28. The van der Waals surface area contributed by atoms with E-state index >= 15 is 4.39 Å². The van der Waals surface area contributed by atoms with E-state index in [0.717, 1.165) is 39.3 Å². The number of esters is 1. The van der Waals surface area contributed by atoms with E-state index in [0.29, 0.717) is 249 Å². The maximum absolute atomic E-state index is 15.5. The fraction of sp³-hybridized carbons (Fsp3) is 0.613. The Bertz CT molecular complexity index is 4920. The van der Waals surface area contributed by atoms with Crippen molar-refractivity contribution in [3.05, 3.63) is 116 Å². The van der Waals surface area contributed by atoms with Gasteiger partial charge in [-0.15, -0.1) is 5.10 Å². The number of aliphatic hydroxyl groups is 1. The molecule has 3 aliphatic heterocycles. The summed E-state index contributed by atoms with van der Waals surface area (Å²) in [5.41, 5.74) is 11.6. The Balaban J connectivity index is 0.392. The topological polar surface area (TPSA) is 453 Å². The van der Waals surface area contributed by atoms with Crippen molar-refractivity contribution in [3.63, 3.8) is 0 Å². The van der Waals surface area contributed by atoms with E-state index in [9.17, 15) is 48.3 Å². The van der Waals surface area contributed by atoms with Crippen LogP contribution >= 0.6 is 0 Å². The second-order valence-electron chi connectivity index (χ2n) is 33.9. The zero-order chi connectivity index (χ0) is 92.7. The van der Waals surface area contributed by atoms with Crippen LogP contribution in [-0.2, 0) is 143 Å². The lowest BCUT2D eigenvalue weighted by molar-refractivity contribution is -0.205. The third kappa shape index (κ3) is 26.4. The van der Waals surface area contributed by atoms with Crippen molar-refractivity contribution in [2.75, 3.05) is 203 Å². The number of rotatable bonds is 61. The number of cyclic esters (lactones) is 1. The lowest BCUT2D eigenvalue weighted by atomic mass is 9.35. The minimum atomic E-state index is -2.06. The van der Waals surface area contributed by atoms with Crippen molar-refractivity contribution in [3.8, 4) is 33.9 Å². The summed E-state index contributed by atoms with van der Waals surface area (Å²) in [6.07, 6.45) is 4.39. The summed E-state index contributed by atoms with van der Waals surface area (Å²) < 4.78 is 96.5. The molecule has 0 radical (unpaired) electrons. The number of halogens is 1. The number of benzene rings is 3. The number of aryl methyl sites for hydroxylation is 2. The number of nitrogens with zero attached hydrogens (tertiary/aromatic N) is 6. The molecule has 7 aliphatic rings. The Morgan fingerprint density at radius 1 is 0.618 bits per heavy atom. The van der Waals surface area contributed by atoms with Crippen LogP contribution in [0.4, 0.5) is 10.1 Å². The monoisotopic (exact) mass is 1830 g/mol. The lowest BCUT2D eigenvalue weighted by Crippen LogP contribution is -2.70. The van der Waals surface area contributed by atoms with Gasteiger partial charge in [-0.3, -0.25) is 38.4 Å². The molecule has 6 aromatic rings. The van der Waals surface area contributed by atoms with Crippen LogP contribution < -0.4 is 48.1 Å². The standard InChI is InChI=1S/C93H128FN13O24/c1-6-93(117)69-51-75-83-67(55-107(75)88(114)68(69)56-131-90(93)116)81-71(19-18-64-62(4)70(94)52-73(100-83)80(64)81)99-78(110)53-97-86(112)72(16-11-12-23-95)101-87(113)82(61(2)3)102-77(109)22-26-119-28-30-121-32-34-123-36-38-125-40-42-127-44-46-129-48-50-130-49-47-128-45-43-126-41-39-124-37-35-122-33-31-120-29-27-118-25-21-76(108)98-60-91-57-92(58-91,59-91)89(115)96-24-20-79(111)106-54-63-13-7-8-14-65(63)84-85(105(5)104-103-84)66-15-9-10-17-74(66)106/h7-10,13-15,17,51-52,61,71-72,82,117H,6,11-12,16,18-50,53-60,95H2,1-5H3,(H,96,115)(H,97,112)(H,98,108)(H,99,110)(H,101,113)(H,102,109)/t71-,72-,82-,91?,92?,93-/m0/s1. The second kappa shape index (κ2) is 49.8. The van der Waals surface area contributed by atoms with Gasteiger partial charge in [0, 0.05) is 73.1 Å². The van der Waals surface area contributed by atoms with Crippen molar-refractivity contribution in [2.24, 2.45) is 29.5 Å². The molecule has 3 aromatic carbocycles. The Hall–Kier alpha value is -9.75. The van der Waals surface area contributed by atoms with Gasteiger partial charge in [0.1, 0.15) is 30.2 Å². The SMILES string of the molecule is CC[C@@]1(O)C(=O)OCc2c1cc1n(c2=O)Cc2c-1nc1cc(F)c(C)c3c1c2[C@@H](NC(=O)CNC(=O)[C@H](CCCCN)NC(=O)[C@@H](NC(=O)CCOCCOCCOCCOCCOCCOCCOCCOCCOCCOCCOCCOCCOCCC(=O)NCC12CC(C(=O)NCCC(=O)N4Cc5ccccc5-c5nnn(C)c5-c5ccccc54)(C1)C2)C(C)C)CC3. The number of carbonyl (C=O) groups excluding carboxylic acids is 8. The van der Waals surface area contributed by atoms with Gasteiger partial charge in [0.05, 0.1) is 237 Å². The normalized spacial score (nSPS) is 18.2. The van der Waals surface area contributed by atoms with Gasteiger partial charge in [-0.05, 0) is 117 Å². The van der Waals surface area contributed by atoms with Crippen LogP contribution in [0, 0.1) is 29.5 Å². The zero-order valence-electron chi connectivity index (χ0n) is 75.9. The molecule has 6 heterocycles. The maximum atomic E-state index is 15.5. The van der Waals surface area contributed by atoms with E-state index in [2.05, 4.69) is 42.2 Å². The molecular weight excluding hydrogens is 1700 g/mol. The number of hydrogen-bond donors (Lipinski definition) is 8. The Kier molecular flexibility index (Phi) is 38.1. The van der Waals surface area contributed by atoms with Crippen molar-refractivity contribution >= 4 is 63.9 Å². The van der Waals surface area contributed by atoms with E-state index < -0.39 is 76.7 Å². The van der Waals surface area contributed by atoms with Gasteiger partial charge >= 0.3 is 5.97 Å². The zero-order valence-corrected chi connectivity index (χ0v) is 75.9. The van der Waals surface area contributed by atoms with Gasteiger partial charge < -0.3 is 119 Å². The van der Waals surface area contributed by atoms with Crippen molar-refractivity contribution in [1.82, 2.24) is 56.4 Å². The number of carbonyl (C=O) groups is 8. The number of ether oxygens (including phenoxy) is 14. The molecule has 13 rings (SSSR count). The molecule has 0 spiro atoms. The first-order valence-electron chi connectivity index (χ1n) is 45.7. The first-order valence-corrected chi connectivity index (χ1v) is 45.7. The minimum Gasteiger partial charge on any atom is -0.458 e. The lowest BCUT2D eigenvalue weighted by Gasteiger charge is -2.69. The number of pyridine rings is 2. The molecule has 716 valence electrons. The van der Waals surface area contributed by atoms with Crippen molar-refractivity contribution in [1.29, 1.82) is 0 Å². The molecule has 38 heteroatoms. The number of aromatic nitrogens is 5. The predicted octanol–water partition coefficient (Wildman–Crippen LogP) is 4.30. The molecule has 0 saturated heterocycles. The van der Waals surface area contributed by atoms with E-state index in [4.69, 9.17) is 77.0 Å². The largest absolute Gasteiger partial charge is 0.458 e. The van der Waals surface area contributed by atoms with Gasteiger partial charge in [-0.25, -0.2) is 18.9 Å². The number of para-hydroxylation sites is 1. The Morgan fingerprint density at radius 3 is 1.72 bits per heavy atom. The Morgan fingerprint density at radius 2 is 1.16 bits per heavy atom. The average molecular weight is 1830 g/mol. The molecule has 3 saturated carbocycles. The fourth-order valence-electron chi connectivity index (χ4n) is 17.6. The average Bonchev–Trinajstić information content (AvgIpc) is 1.20. The number of nitrogens with two attached hydrogens (primary N) is 1. The number of fused-ring (bicyclic) bond motifs is 10. The summed E-state index contributed by atoms with van der Waals surface area (Å²) in [4.78, 5) is 128. The summed E-state index contributed by atoms with van der Waals surface area (Å²) in [6.45, 7) is 17.2. The Labute approximate surface area is 761 Å². The molecule has 0 unspecified atom stereocenters. The van der Waals surface area contributed by atoms with E-state index in [1.165, 1.54) is 10.6 Å². The highest BCUT2D eigenvalue weighted by Crippen LogP contribution is 2.73. The van der Waals surface area contributed by atoms with Gasteiger partial charge in [-0.1, -0.05) is 68.4 Å². The summed E-state index contributed by atoms with van der Waals surface area (Å²) >= 11 is 0. The predicted molar refractivity (Wildman–Crippen MR) is 475 cm³/mol. The summed E-state index contributed by atoms with van der Waals surface area (Å²) in [5.74, 6) is -4.12. The van der Waals surface area contributed by atoms with Crippen LogP contribution in [0.1, 0.15) is 136 Å². The summed E-state index contributed by atoms with van der Waals surface area (Å²) in [7, 11) is 1.85. The molecule has 131 heavy (non-hydrogen) atoms. The van der Waals surface area contributed by atoms with Crippen LogP contribution in [0.25, 0.3) is 44.8 Å². The molecule has 4 atom stereocenters. The van der Waals surface area contributed by atoms with Crippen LogP contribution in [0.15, 0.2) is 65.5 Å². The van der Waals surface area contributed by atoms with Gasteiger partial charge in [0.15, 0.2) is 5.60 Å². The quantitative estimate of drug-likeness (QED) is 0.0194. The molecule has 7 amide bonds. The summed E-state index contributed by atoms with van der Waals surface area (Å²) in [6, 6.07) is 15.9. The molecule has 3 fully saturated rings. The van der Waals surface area contributed by atoms with Crippen LogP contribution in [-0.4, -0.2) is 287 Å². The van der Waals surface area contributed by atoms with Crippen molar-refractivity contribution in [2.45, 2.75) is 148 Å². The van der Waals surface area contributed by atoms with Crippen LogP contribution in [0.3, 0.4) is 0 Å². The molecule has 2 bridgehead atoms. The molecule has 4 aliphatic carbocycles. The molecule has 9 N–H and O–H groups in total. The second-order valence-corrected chi connectivity index (χ2v) is 33.9. The first-order chi connectivity index (χ1) is 63.6. The number of unbranched alkanes of at least 4 members (excludes halogenated alkanes) is 1. The number of anilines is 1. The summed E-state index contributed by atoms with van der Waals surface area (Å²) in [5, 5.41) is 38.3. The van der Waals surface area contributed by atoms with Crippen LogP contribution in [0.5, 0.6) is 0 Å². The first kappa shape index (κ1) is 100. The van der Waals surface area contributed by atoms with Gasteiger partial charge in [0.2, 0.25) is 41.4 Å². The molecule has 3 aromatic heterocycles. The highest BCUT2D eigenvalue weighted by Gasteiger charge is 2.71. The number of amides is 7.